The number of sulfone groups is 1. The summed E-state index contributed by atoms with van der Waals surface area (Å²) < 4.78 is 22.1. The van der Waals surface area contributed by atoms with Gasteiger partial charge in [0.25, 0.3) is 0 Å². The maximum Gasteiger partial charge on any atom is 0.326 e. The van der Waals surface area contributed by atoms with Crippen LogP contribution in [0.1, 0.15) is 16.3 Å². The molecule has 0 aromatic carbocycles. The molecule has 21 heavy (non-hydrogen) atoms. The number of nitrogens with one attached hydrogen (secondary N) is 2. The lowest BCUT2D eigenvalue weighted by atomic mass is 10.2. The molecular formula is C11H17N3O5S2. The number of carboxylic acid groups (broad SMARTS) is 1. The normalized spacial score (nSPS) is 12.7. The number of nitrogens with zero attached hydrogens (tertiary/aromatic N) is 1. The van der Waals surface area contributed by atoms with E-state index in [0.717, 1.165) is 11.1 Å². The molecule has 1 rings (SSSR count). The topological polar surface area (TPSA) is 125 Å². The minimum Gasteiger partial charge on any atom is -0.480 e. The number of amides is 2. The lowest BCUT2D eigenvalue weighted by Gasteiger charge is -2.14. The van der Waals surface area contributed by atoms with E-state index in [2.05, 4.69) is 15.6 Å². The number of hydrogen-bond acceptors (Lipinski definition) is 6. The zero-order chi connectivity index (χ0) is 16.0. The standard InChI is InChI=1S/C11H17N3O5S2/c1-7-5-12-9(20-7)6-13-11(17)14-8(10(15)16)3-4-21(2,18)19/h5,8H,3-4,6H2,1-2H3,(H,15,16)(H2,13,14,17). The van der Waals surface area contributed by atoms with E-state index in [0.29, 0.717) is 5.01 Å². The second-order valence-corrected chi connectivity index (χ2v) is 8.08. The maximum atomic E-state index is 11.6. The summed E-state index contributed by atoms with van der Waals surface area (Å²) in [5.41, 5.74) is 0. The van der Waals surface area contributed by atoms with Gasteiger partial charge in [0.15, 0.2) is 0 Å². The number of urea groups is 1. The number of aryl methyl sites for hydroxylation is 1. The van der Waals surface area contributed by atoms with Gasteiger partial charge in [0.05, 0.1) is 12.3 Å². The Labute approximate surface area is 126 Å². The van der Waals surface area contributed by atoms with Crippen molar-refractivity contribution in [3.8, 4) is 0 Å². The molecule has 118 valence electrons. The summed E-state index contributed by atoms with van der Waals surface area (Å²) in [6.45, 7) is 2.07. The van der Waals surface area contributed by atoms with Crippen LogP contribution in [0.25, 0.3) is 0 Å². The van der Waals surface area contributed by atoms with E-state index in [-0.39, 0.29) is 18.7 Å². The van der Waals surface area contributed by atoms with Crippen molar-refractivity contribution in [2.75, 3.05) is 12.0 Å². The number of hydrogen-bond donors (Lipinski definition) is 3. The van der Waals surface area contributed by atoms with Crippen molar-refractivity contribution in [1.82, 2.24) is 15.6 Å². The van der Waals surface area contributed by atoms with Gasteiger partial charge in [0.1, 0.15) is 20.9 Å². The Balaban J connectivity index is 2.47. The Bertz CT molecular complexity index is 611. The molecule has 0 aliphatic carbocycles. The Morgan fingerprint density at radius 1 is 1.48 bits per heavy atom. The molecular weight excluding hydrogens is 318 g/mol. The van der Waals surface area contributed by atoms with Crippen LogP contribution in [0.2, 0.25) is 0 Å². The molecule has 10 heteroatoms. The van der Waals surface area contributed by atoms with Gasteiger partial charge in [-0.25, -0.2) is 23.0 Å². The van der Waals surface area contributed by atoms with Crippen LogP contribution >= 0.6 is 11.3 Å². The fourth-order valence-electron chi connectivity index (χ4n) is 1.44. The molecule has 3 N–H and O–H groups in total. The second kappa shape index (κ2) is 7.36. The Morgan fingerprint density at radius 3 is 2.62 bits per heavy atom. The van der Waals surface area contributed by atoms with Crippen molar-refractivity contribution in [2.24, 2.45) is 0 Å². The van der Waals surface area contributed by atoms with Gasteiger partial charge in [-0.05, 0) is 13.3 Å². The molecule has 0 spiro atoms. The molecule has 8 nitrogen and oxygen atoms in total. The van der Waals surface area contributed by atoms with Crippen LogP contribution in [0, 0.1) is 6.92 Å². The minimum atomic E-state index is -3.28. The van der Waals surface area contributed by atoms with Gasteiger partial charge >= 0.3 is 12.0 Å². The van der Waals surface area contributed by atoms with Crippen molar-refractivity contribution < 1.29 is 23.1 Å². The van der Waals surface area contributed by atoms with Crippen molar-refractivity contribution in [2.45, 2.75) is 25.9 Å². The van der Waals surface area contributed by atoms with Gasteiger partial charge in [-0.3, -0.25) is 0 Å². The highest BCUT2D eigenvalue weighted by molar-refractivity contribution is 7.90. The quantitative estimate of drug-likeness (QED) is 0.651. The van der Waals surface area contributed by atoms with E-state index in [4.69, 9.17) is 5.11 Å². The molecule has 0 radical (unpaired) electrons. The van der Waals surface area contributed by atoms with Gasteiger partial charge in [0.2, 0.25) is 0 Å². The third-order valence-electron chi connectivity index (χ3n) is 2.45. The molecule has 1 aromatic rings. The van der Waals surface area contributed by atoms with Crippen molar-refractivity contribution in [3.05, 3.63) is 16.1 Å². The van der Waals surface area contributed by atoms with Crippen LogP contribution in [0.15, 0.2) is 6.20 Å². The monoisotopic (exact) mass is 335 g/mol. The third-order valence-corrected chi connectivity index (χ3v) is 4.34. The molecule has 1 atom stereocenters. The molecule has 0 fully saturated rings. The first-order valence-corrected chi connectivity index (χ1v) is 8.91. The summed E-state index contributed by atoms with van der Waals surface area (Å²) in [7, 11) is -3.28. The second-order valence-electron chi connectivity index (χ2n) is 4.50. The van der Waals surface area contributed by atoms with Crippen LogP contribution in [-0.2, 0) is 21.2 Å². The average molecular weight is 335 g/mol. The molecule has 0 saturated carbocycles. The molecule has 0 aliphatic heterocycles. The van der Waals surface area contributed by atoms with E-state index >= 15 is 0 Å². The van der Waals surface area contributed by atoms with E-state index < -0.39 is 27.9 Å². The molecule has 1 heterocycles. The lowest BCUT2D eigenvalue weighted by molar-refractivity contribution is -0.139. The SMILES string of the molecule is Cc1cnc(CNC(=O)NC(CCS(C)(=O)=O)C(=O)O)s1. The van der Waals surface area contributed by atoms with Crippen molar-refractivity contribution in [3.63, 3.8) is 0 Å². The first-order valence-electron chi connectivity index (χ1n) is 6.03. The largest absolute Gasteiger partial charge is 0.480 e. The van der Waals surface area contributed by atoms with E-state index in [1.807, 2.05) is 6.92 Å². The highest BCUT2D eigenvalue weighted by Crippen LogP contribution is 2.10. The number of aliphatic carboxylic acids is 1. The molecule has 0 aliphatic rings. The Kier molecular flexibility index (Phi) is 6.09. The van der Waals surface area contributed by atoms with E-state index in [9.17, 15) is 18.0 Å². The fourth-order valence-corrected chi connectivity index (χ4v) is 2.83. The highest BCUT2D eigenvalue weighted by atomic mass is 32.2. The number of aromatic nitrogens is 1. The Hall–Kier alpha value is -1.68. The zero-order valence-electron chi connectivity index (χ0n) is 11.6. The van der Waals surface area contributed by atoms with Crippen LogP contribution in [-0.4, -0.2) is 48.6 Å². The van der Waals surface area contributed by atoms with Crippen LogP contribution in [0.3, 0.4) is 0 Å². The molecule has 1 unspecified atom stereocenters. The summed E-state index contributed by atoms with van der Waals surface area (Å²) in [6, 6.07) is -1.93. The molecule has 1 aromatic heterocycles. The lowest BCUT2D eigenvalue weighted by Crippen LogP contribution is -2.46. The minimum absolute atomic E-state index is 0.183. The van der Waals surface area contributed by atoms with Crippen molar-refractivity contribution in [1.29, 1.82) is 0 Å². The maximum absolute atomic E-state index is 11.6. The zero-order valence-corrected chi connectivity index (χ0v) is 13.3. The first kappa shape index (κ1) is 17.4. The van der Waals surface area contributed by atoms with Gasteiger partial charge < -0.3 is 15.7 Å². The number of thiazole rings is 1. The fraction of sp³-hybridized carbons (Fsp3) is 0.545. The predicted octanol–water partition coefficient (Wildman–Crippen LogP) is 0.139. The molecule has 0 saturated heterocycles. The number of rotatable bonds is 7. The number of carbonyl (C=O) groups is 2. The van der Waals surface area contributed by atoms with Gasteiger partial charge in [-0.15, -0.1) is 11.3 Å². The van der Waals surface area contributed by atoms with Gasteiger partial charge in [-0.2, -0.15) is 0 Å². The highest BCUT2D eigenvalue weighted by Gasteiger charge is 2.21. The van der Waals surface area contributed by atoms with Crippen LogP contribution in [0.5, 0.6) is 0 Å². The van der Waals surface area contributed by atoms with E-state index in [1.54, 1.807) is 6.20 Å². The smallest absolute Gasteiger partial charge is 0.326 e. The molecule has 2 amide bonds. The van der Waals surface area contributed by atoms with Gasteiger partial charge in [0, 0.05) is 17.3 Å². The predicted molar refractivity (Wildman–Crippen MR) is 78.0 cm³/mol. The van der Waals surface area contributed by atoms with Crippen LogP contribution < -0.4 is 10.6 Å². The van der Waals surface area contributed by atoms with E-state index in [1.165, 1.54) is 11.3 Å². The summed E-state index contributed by atoms with van der Waals surface area (Å²) in [5.74, 6) is -1.59. The number of carboxylic acids is 1. The van der Waals surface area contributed by atoms with Crippen molar-refractivity contribution >= 4 is 33.2 Å². The average Bonchev–Trinajstić information content (AvgIpc) is 2.76. The summed E-state index contributed by atoms with van der Waals surface area (Å²) >= 11 is 1.42. The number of carbonyl (C=O) groups excluding carboxylic acids is 1. The Morgan fingerprint density at radius 2 is 2.14 bits per heavy atom. The van der Waals surface area contributed by atoms with Gasteiger partial charge in [-0.1, -0.05) is 0 Å². The summed E-state index contributed by atoms with van der Waals surface area (Å²) in [5, 5.41) is 14.4. The summed E-state index contributed by atoms with van der Waals surface area (Å²) in [6.07, 6.45) is 2.50. The third kappa shape index (κ3) is 7.04. The first-order chi connectivity index (χ1) is 9.67. The molecule has 0 bridgehead atoms. The summed E-state index contributed by atoms with van der Waals surface area (Å²) in [4.78, 5) is 27.6. The van der Waals surface area contributed by atoms with Crippen LogP contribution in [0.4, 0.5) is 4.79 Å².